The molecule has 1 aromatic heterocycles. The number of aromatic nitrogens is 1. The molecule has 0 bridgehead atoms. The predicted molar refractivity (Wildman–Crippen MR) is 67.7 cm³/mol. The van der Waals surface area contributed by atoms with E-state index >= 15 is 0 Å². The normalized spacial score (nSPS) is 11.2. The van der Waals surface area contributed by atoms with E-state index in [2.05, 4.69) is 4.98 Å². The van der Waals surface area contributed by atoms with E-state index in [0.717, 1.165) is 18.2 Å². The molecule has 0 amide bonds. The summed E-state index contributed by atoms with van der Waals surface area (Å²) in [4.78, 5) is 14.3. The summed E-state index contributed by atoms with van der Waals surface area (Å²) in [5.74, 6) is -1.84. The second kappa shape index (κ2) is 5.61. The first-order valence-corrected chi connectivity index (χ1v) is 5.90. The highest BCUT2D eigenvalue weighted by molar-refractivity contribution is 6.31. The van der Waals surface area contributed by atoms with Gasteiger partial charge in [-0.3, -0.25) is 0 Å². The molecule has 0 radical (unpaired) electrons. The SMILES string of the molecule is O=C(O)c1cc(Cl)ccc1Oc1cccc(C(F)(F)F)n1. The van der Waals surface area contributed by atoms with Crippen molar-refractivity contribution in [2.45, 2.75) is 6.18 Å². The molecule has 1 heterocycles. The van der Waals surface area contributed by atoms with Crippen LogP contribution in [0.2, 0.25) is 5.02 Å². The van der Waals surface area contributed by atoms with Crippen LogP contribution in [0.3, 0.4) is 0 Å². The zero-order valence-corrected chi connectivity index (χ0v) is 10.9. The minimum absolute atomic E-state index is 0.154. The van der Waals surface area contributed by atoms with Gasteiger partial charge in [0.2, 0.25) is 5.88 Å². The van der Waals surface area contributed by atoms with E-state index in [-0.39, 0.29) is 22.2 Å². The molecule has 0 aliphatic rings. The van der Waals surface area contributed by atoms with Crippen LogP contribution in [0.25, 0.3) is 0 Å². The molecule has 1 aromatic carbocycles. The maximum absolute atomic E-state index is 12.5. The van der Waals surface area contributed by atoms with Crippen molar-refractivity contribution < 1.29 is 27.8 Å². The topological polar surface area (TPSA) is 59.4 Å². The van der Waals surface area contributed by atoms with E-state index in [4.69, 9.17) is 21.4 Å². The molecule has 0 aliphatic carbocycles. The first kappa shape index (κ1) is 15.1. The summed E-state index contributed by atoms with van der Waals surface area (Å²) in [7, 11) is 0. The van der Waals surface area contributed by atoms with E-state index < -0.39 is 17.8 Å². The second-order valence-electron chi connectivity index (χ2n) is 3.91. The van der Waals surface area contributed by atoms with Crippen molar-refractivity contribution in [2.75, 3.05) is 0 Å². The fourth-order valence-electron chi connectivity index (χ4n) is 1.50. The van der Waals surface area contributed by atoms with Gasteiger partial charge in [0.25, 0.3) is 0 Å². The van der Waals surface area contributed by atoms with Crippen molar-refractivity contribution >= 4 is 17.6 Å². The highest BCUT2D eigenvalue weighted by atomic mass is 35.5. The molecule has 8 heteroatoms. The maximum atomic E-state index is 12.5. The average Bonchev–Trinajstić information content (AvgIpc) is 2.40. The minimum atomic E-state index is -4.62. The Hall–Kier alpha value is -2.28. The van der Waals surface area contributed by atoms with Crippen LogP contribution in [-0.4, -0.2) is 16.1 Å². The van der Waals surface area contributed by atoms with Gasteiger partial charge in [-0.25, -0.2) is 9.78 Å². The van der Waals surface area contributed by atoms with Gasteiger partial charge < -0.3 is 9.84 Å². The van der Waals surface area contributed by atoms with Crippen LogP contribution in [-0.2, 0) is 6.18 Å². The van der Waals surface area contributed by atoms with Crippen LogP contribution >= 0.6 is 11.6 Å². The summed E-state index contributed by atoms with van der Waals surface area (Å²) in [6.07, 6.45) is -4.62. The molecule has 110 valence electrons. The second-order valence-corrected chi connectivity index (χ2v) is 4.34. The van der Waals surface area contributed by atoms with Crippen LogP contribution in [0.5, 0.6) is 11.6 Å². The molecule has 0 saturated carbocycles. The van der Waals surface area contributed by atoms with Gasteiger partial charge in [-0.1, -0.05) is 17.7 Å². The molecular formula is C13H7ClF3NO3. The number of rotatable bonds is 3. The van der Waals surface area contributed by atoms with Crippen LogP contribution < -0.4 is 4.74 Å². The molecule has 0 unspecified atom stereocenters. The van der Waals surface area contributed by atoms with Crippen molar-refractivity contribution in [3.8, 4) is 11.6 Å². The molecule has 0 aliphatic heterocycles. The van der Waals surface area contributed by atoms with Crippen molar-refractivity contribution in [1.29, 1.82) is 0 Å². The third-order valence-corrected chi connectivity index (χ3v) is 2.64. The zero-order chi connectivity index (χ0) is 15.6. The molecule has 0 fully saturated rings. The van der Waals surface area contributed by atoms with Crippen molar-refractivity contribution in [3.63, 3.8) is 0 Å². The van der Waals surface area contributed by atoms with Gasteiger partial charge in [0.05, 0.1) is 0 Å². The first-order chi connectivity index (χ1) is 9.77. The Balaban J connectivity index is 2.37. The van der Waals surface area contributed by atoms with Gasteiger partial charge >= 0.3 is 12.1 Å². The Morgan fingerprint density at radius 2 is 1.95 bits per heavy atom. The Morgan fingerprint density at radius 1 is 1.24 bits per heavy atom. The lowest BCUT2D eigenvalue weighted by molar-refractivity contribution is -0.141. The monoisotopic (exact) mass is 317 g/mol. The van der Waals surface area contributed by atoms with Gasteiger partial charge in [-0.15, -0.1) is 0 Å². The summed E-state index contributed by atoms with van der Waals surface area (Å²) in [6, 6.07) is 6.82. The molecule has 0 atom stereocenters. The molecular weight excluding hydrogens is 311 g/mol. The van der Waals surface area contributed by atoms with E-state index in [1.165, 1.54) is 18.2 Å². The highest BCUT2D eigenvalue weighted by Crippen LogP contribution is 2.31. The molecule has 2 rings (SSSR count). The average molecular weight is 318 g/mol. The van der Waals surface area contributed by atoms with Gasteiger partial charge in [0, 0.05) is 11.1 Å². The largest absolute Gasteiger partial charge is 0.478 e. The molecule has 0 saturated heterocycles. The Bertz CT molecular complexity index is 689. The van der Waals surface area contributed by atoms with Crippen molar-refractivity contribution in [1.82, 2.24) is 4.98 Å². The Labute approximate surface area is 121 Å². The zero-order valence-electron chi connectivity index (χ0n) is 10.2. The number of carbonyl (C=O) groups is 1. The van der Waals surface area contributed by atoms with Gasteiger partial charge in [-0.05, 0) is 24.3 Å². The van der Waals surface area contributed by atoms with E-state index in [1.54, 1.807) is 0 Å². The number of aromatic carboxylic acids is 1. The predicted octanol–water partition coefficient (Wildman–Crippen LogP) is 4.24. The number of nitrogens with zero attached hydrogens (tertiary/aromatic N) is 1. The summed E-state index contributed by atoms with van der Waals surface area (Å²) < 4.78 is 42.7. The van der Waals surface area contributed by atoms with Crippen LogP contribution in [0.4, 0.5) is 13.2 Å². The smallest absolute Gasteiger partial charge is 0.433 e. The summed E-state index contributed by atoms with van der Waals surface area (Å²) in [5.41, 5.74) is -1.41. The summed E-state index contributed by atoms with van der Waals surface area (Å²) in [6.45, 7) is 0. The highest BCUT2D eigenvalue weighted by Gasteiger charge is 2.32. The third kappa shape index (κ3) is 3.63. The number of benzene rings is 1. The number of halogens is 4. The number of carboxylic acids is 1. The summed E-state index contributed by atoms with van der Waals surface area (Å²) in [5, 5.41) is 9.18. The van der Waals surface area contributed by atoms with Gasteiger partial charge in [-0.2, -0.15) is 13.2 Å². The lowest BCUT2D eigenvalue weighted by Gasteiger charge is -2.10. The quantitative estimate of drug-likeness (QED) is 0.919. The minimum Gasteiger partial charge on any atom is -0.478 e. The number of pyridine rings is 1. The van der Waals surface area contributed by atoms with Crippen LogP contribution in [0, 0.1) is 0 Å². The fraction of sp³-hybridized carbons (Fsp3) is 0.0769. The Morgan fingerprint density at radius 3 is 2.57 bits per heavy atom. The molecule has 2 aromatic rings. The van der Waals surface area contributed by atoms with Gasteiger partial charge in [0.15, 0.2) is 0 Å². The van der Waals surface area contributed by atoms with E-state index in [0.29, 0.717) is 0 Å². The fourth-order valence-corrected chi connectivity index (χ4v) is 1.67. The molecule has 0 spiro atoms. The number of hydrogen-bond acceptors (Lipinski definition) is 3. The third-order valence-electron chi connectivity index (χ3n) is 2.40. The molecule has 1 N–H and O–H groups in total. The first-order valence-electron chi connectivity index (χ1n) is 5.52. The maximum Gasteiger partial charge on any atom is 0.433 e. The molecule has 4 nitrogen and oxygen atoms in total. The van der Waals surface area contributed by atoms with Crippen LogP contribution in [0.15, 0.2) is 36.4 Å². The Kier molecular flexibility index (Phi) is 4.04. The molecule has 21 heavy (non-hydrogen) atoms. The van der Waals surface area contributed by atoms with Crippen molar-refractivity contribution in [2.24, 2.45) is 0 Å². The lowest BCUT2D eigenvalue weighted by Crippen LogP contribution is -2.08. The van der Waals surface area contributed by atoms with Gasteiger partial charge in [0.1, 0.15) is 17.0 Å². The van der Waals surface area contributed by atoms with Crippen molar-refractivity contribution in [3.05, 3.63) is 52.7 Å². The number of carboxylic acid groups (broad SMARTS) is 1. The van der Waals surface area contributed by atoms with E-state index in [9.17, 15) is 18.0 Å². The van der Waals surface area contributed by atoms with E-state index in [1.807, 2.05) is 0 Å². The lowest BCUT2D eigenvalue weighted by atomic mass is 10.2. The number of hydrogen-bond donors (Lipinski definition) is 1. The standard InChI is InChI=1S/C13H7ClF3NO3/c14-7-4-5-9(8(6-7)12(19)20)21-11-3-1-2-10(18-11)13(15,16)17/h1-6H,(H,19,20). The number of alkyl halides is 3. The van der Waals surface area contributed by atoms with Crippen LogP contribution in [0.1, 0.15) is 16.1 Å². The summed E-state index contributed by atoms with van der Waals surface area (Å²) >= 11 is 5.67. The number of ether oxygens (including phenoxy) is 1.